The maximum absolute atomic E-state index is 12.2. The molecule has 3 N–H and O–H groups in total. The molecule has 0 radical (unpaired) electrons. The van der Waals surface area contributed by atoms with Crippen LogP contribution in [0.15, 0.2) is 10.5 Å². The number of rotatable bonds is 5. The van der Waals surface area contributed by atoms with E-state index in [4.69, 9.17) is 14.9 Å². The first-order valence-electron chi connectivity index (χ1n) is 7.46. The summed E-state index contributed by atoms with van der Waals surface area (Å²) in [5.74, 6) is 1.75. The highest BCUT2D eigenvalue weighted by Gasteiger charge is 2.36. The lowest BCUT2D eigenvalue weighted by Gasteiger charge is -2.35. The molecular weight excluding hydrogens is 268 g/mol. The van der Waals surface area contributed by atoms with Crippen molar-refractivity contribution < 1.29 is 13.9 Å². The molecule has 5 nitrogen and oxygen atoms in total. The first-order valence-corrected chi connectivity index (χ1v) is 7.46. The summed E-state index contributed by atoms with van der Waals surface area (Å²) in [5, 5.41) is 3.07. The van der Waals surface area contributed by atoms with E-state index in [2.05, 4.69) is 19.2 Å². The Bertz CT molecular complexity index is 508. The molecule has 2 atom stereocenters. The van der Waals surface area contributed by atoms with Crippen LogP contribution in [0.4, 0.5) is 0 Å². The summed E-state index contributed by atoms with van der Waals surface area (Å²) in [6, 6.07) is 1.46. The number of nitrogens with one attached hydrogen (secondary N) is 1. The number of fused-ring (bicyclic) bond motifs is 1. The zero-order chi connectivity index (χ0) is 15.6. The number of nitrogens with two attached hydrogens (primary N) is 1. The van der Waals surface area contributed by atoms with Gasteiger partial charge in [0.25, 0.3) is 0 Å². The number of carbonyl (C=O) groups excluding carboxylic acids is 1. The van der Waals surface area contributed by atoms with Crippen molar-refractivity contribution in [3.63, 3.8) is 0 Å². The lowest BCUT2D eigenvalue weighted by atomic mass is 9.74. The largest absolute Gasteiger partial charge is 0.466 e. The number of ether oxygens (including phenoxy) is 1. The number of methoxy groups -OCH3 is 1. The fraction of sp³-hybridized carbons (Fsp3) is 0.688. The smallest absolute Gasteiger partial charge is 0.237 e. The summed E-state index contributed by atoms with van der Waals surface area (Å²) >= 11 is 0. The summed E-state index contributed by atoms with van der Waals surface area (Å²) in [7, 11) is 1.61. The highest BCUT2D eigenvalue weighted by molar-refractivity contribution is 5.82. The van der Waals surface area contributed by atoms with Gasteiger partial charge >= 0.3 is 0 Å². The molecule has 5 heteroatoms. The Morgan fingerprint density at radius 2 is 2.33 bits per heavy atom. The molecule has 1 aliphatic rings. The fourth-order valence-electron chi connectivity index (χ4n) is 2.97. The summed E-state index contributed by atoms with van der Waals surface area (Å²) in [6.45, 7) is 6.81. The van der Waals surface area contributed by atoms with Crippen molar-refractivity contribution in [2.24, 2.45) is 11.1 Å². The second-order valence-electron chi connectivity index (χ2n) is 6.73. The molecule has 1 aromatic heterocycles. The van der Waals surface area contributed by atoms with E-state index >= 15 is 0 Å². The Kier molecular flexibility index (Phi) is 4.74. The Morgan fingerprint density at radius 3 is 3.00 bits per heavy atom. The molecule has 0 saturated carbocycles. The second kappa shape index (κ2) is 6.20. The summed E-state index contributed by atoms with van der Waals surface area (Å²) in [5.41, 5.74) is 7.10. The number of hydrogen-bond donors (Lipinski definition) is 2. The zero-order valence-corrected chi connectivity index (χ0v) is 13.4. The molecule has 0 bridgehead atoms. The van der Waals surface area contributed by atoms with Gasteiger partial charge in [-0.1, -0.05) is 13.8 Å². The van der Waals surface area contributed by atoms with E-state index in [1.54, 1.807) is 7.11 Å². The molecule has 0 aromatic carbocycles. The Morgan fingerprint density at radius 1 is 1.62 bits per heavy atom. The number of hydrogen-bond acceptors (Lipinski definition) is 4. The van der Waals surface area contributed by atoms with Crippen LogP contribution in [-0.2, 0) is 16.0 Å². The first-order chi connectivity index (χ1) is 9.82. The molecule has 1 aromatic rings. The standard InChI is InChI=1S/C16H26N2O3/c1-10-7-11-13(8-16(2,3)9-14(11)21-10)18-15(19)12(17)5-6-20-4/h7,12-13H,5-6,8-9,17H2,1-4H3,(H,18,19). The van der Waals surface area contributed by atoms with Crippen LogP contribution < -0.4 is 11.1 Å². The van der Waals surface area contributed by atoms with Crippen LogP contribution in [0.25, 0.3) is 0 Å². The van der Waals surface area contributed by atoms with Crippen LogP contribution in [0.1, 0.15) is 49.8 Å². The summed E-state index contributed by atoms with van der Waals surface area (Å²) < 4.78 is 10.7. The third kappa shape index (κ3) is 3.86. The topological polar surface area (TPSA) is 77.5 Å². The van der Waals surface area contributed by atoms with Gasteiger partial charge in [-0.05, 0) is 31.2 Å². The quantitative estimate of drug-likeness (QED) is 0.871. The van der Waals surface area contributed by atoms with Gasteiger partial charge in [-0.3, -0.25) is 4.79 Å². The van der Waals surface area contributed by atoms with Crippen molar-refractivity contribution >= 4 is 5.91 Å². The minimum atomic E-state index is -0.536. The SMILES string of the molecule is COCCC(N)C(=O)NC1CC(C)(C)Cc2oc(C)cc21. The molecule has 1 amide bonds. The lowest BCUT2D eigenvalue weighted by Crippen LogP contribution is -2.44. The molecule has 0 spiro atoms. The Balaban J connectivity index is 2.10. The molecule has 0 saturated heterocycles. The molecule has 1 aliphatic carbocycles. The van der Waals surface area contributed by atoms with E-state index in [1.165, 1.54) is 0 Å². The van der Waals surface area contributed by atoms with Gasteiger partial charge in [0.2, 0.25) is 5.91 Å². The second-order valence-corrected chi connectivity index (χ2v) is 6.73. The number of amides is 1. The van der Waals surface area contributed by atoms with Gasteiger partial charge in [0, 0.05) is 25.7 Å². The normalized spacial score (nSPS) is 21.7. The number of aryl methyl sites for hydroxylation is 1. The van der Waals surface area contributed by atoms with Crippen LogP contribution >= 0.6 is 0 Å². The Hall–Kier alpha value is -1.33. The zero-order valence-electron chi connectivity index (χ0n) is 13.4. The predicted octanol–water partition coefficient (Wildman–Crippen LogP) is 2.08. The monoisotopic (exact) mass is 294 g/mol. The van der Waals surface area contributed by atoms with Crippen LogP contribution in [0, 0.1) is 12.3 Å². The van der Waals surface area contributed by atoms with Crippen LogP contribution in [-0.4, -0.2) is 25.7 Å². The minimum Gasteiger partial charge on any atom is -0.466 e. The fourth-order valence-corrected chi connectivity index (χ4v) is 2.97. The van der Waals surface area contributed by atoms with E-state index < -0.39 is 6.04 Å². The third-order valence-corrected chi connectivity index (χ3v) is 4.02. The molecule has 1 heterocycles. The van der Waals surface area contributed by atoms with Gasteiger partial charge in [0.05, 0.1) is 12.1 Å². The summed E-state index contributed by atoms with van der Waals surface area (Å²) in [6.07, 6.45) is 2.32. The maximum Gasteiger partial charge on any atom is 0.237 e. The molecule has 21 heavy (non-hydrogen) atoms. The van der Waals surface area contributed by atoms with Crippen molar-refractivity contribution in [2.45, 2.75) is 52.1 Å². The molecule has 118 valence electrons. The highest BCUT2D eigenvalue weighted by atomic mass is 16.5. The highest BCUT2D eigenvalue weighted by Crippen LogP contribution is 2.41. The average molecular weight is 294 g/mol. The lowest BCUT2D eigenvalue weighted by molar-refractivity contribution is -0.123. The molecule has 0 aliphatic heterocycles. The molecule has 2 rings (SSSR count). The van der Waals surface area contributed by atoms with Crippen LogP contribution in [0.2, 0.25) is 0 Å². The van der Waals surface area contributed by atoms with E-state index in [1.807, 2.05) is 13.0 Å². The first kappa shape index (κ1) is 16.0. The van der Waals surface area contributed by atoms with Crippen molar-refractivity contribution in [3.8, 4) is 0 Å². The van der Waals surface area contributed by atoms with E-state index in [9.17, 15) is 4.79 Å². The number of carbonyl (C=O) groups is 1. The van der Waals surface area contributed by atoms with Gasteiger partial charge in [-0.15, -0.1) is 0 Å². The van der Waals surface area contributed by atoms with Crippen LogP contribution in [0.5, 0.6) is 0 Å². The maximum atomic E-state index is 12.2. The van der Waals surface area contributed by atoms with Crippen molar-refractivity contribution in [2.75, 3.05) is 13.7 Å². The Labute approximate surface area is 126 Å². The van der Waals surface area contributed by atoms with Crippen molar-refractivity contribution in [3.05, 3.63) is 23.2 Å². The van der Waals surface area contributed by atoms with Gasteiger partial charge in [0.1, 0.15) is 11.5 Å². The van der Waals surface area contributed by atoms with Gasteiger partial charge in [0.15, 0.2) is 0 Å². The number of furan rings is 1. The van der Waals surface area contributed by atoms with Gasteiger partial charge < -0.3 is 20.2 Å². The molecule has 2 unspecified atom stereocenters. The summed E-state index contributed by atoms with van der Waals surface area (Å²) in [4.78, 5) is 12.2. The molecule has 0 fully saturated rings. The predicted molar refractivity (Wildman–Crippen MR) is 80.9 cm³/mol. The minimum absolute atomic E-state index is 0.0257. The van der Waals surface area contributed by atoms with Gasteiger partial charge in [-0.2, -0.15) is 0 Å². The van der Waals surface area contributed by atoms with E-state index in [0.717, 1.165) is 29.9 Å². The van der Waals surface area contributed by atoms with E-state index in [0.29, 0.717) is 13.0 Å². The molecular formula is C16H26N2O3. The average Bonchev–Trinajstić information content (AvgIpc) is 2.74. The van der Waals surface area contributed by atoms with Gasteiger partial charge in [-0.25, -0.2) is 0 Å². The van der Waals surface area contributed by atoms with E-state index in [-0.39, 0.29) is 17.4 Å². The van der Waals surface area contributed by atoms with Crippen LogP contribution in [0.3, 0.4) is 0 Å². The van der Waals surface area contributed by atoms with Crippen molar-refractivity contribution in [1.82, 2.24) is 5.32 Å². The van der Waals surface area contributed by atoms with Crippen molar-refractivity contribution in [1.29, 1.82) is 0 Å². The third-order valence-electron chi connectivity index (χ3n) is 4.02.